The Hall–Kier alpha value is -2.75. The predicted octanol–water partition coefficient (Wildman–Crippen LogP) is 5.04. The van der Waals surface area contributed by atoms with Gasteiger partial charge in [-0.15, -0.1) is 11.8 Å². The smallest absolute Gasteiger partial charge is 0.235 e. The summed E-state index contributed by atoms with van der Waals surface area (Å²) in [6.45, 7) is 5.35. The van der Waals surface area contributed by atoms with Gasteiger partial charge in [-0.2, -0.15) is 5.26 Å². The topological polar surface area (TPSA) is 67.0 Å². The van der Waals surface area contributed by atoms with E-state index in [1.54, 1.807) is 0 Å². The van der Waals surface area contributed by atoms with Gasteiger partial charge in [-0.05, 0) is 55.2 Å². The van der Waals surface area contributed by atoms with Crippen LogP contribution < -0.4 is 5.32 Å². The largest absolute Gasteiger partial charge is 0.376 e. The summed E-state index contributed by atoms with van der Waals surface area (Å²) in [7, 11) is 0. The van der Waals surface area contributed by atoms with Crippen molar-refractivity contribution >= 4 is 34.3 Å². The predicted molar refractivity (Wildman–Crippen MR) is 121 cm³/mol. The lowest BCUT2D eigenvalue weighted by molar-refractivity contribution is -0.113. The van der Waals surface area contributed by atoms with Crippen LogP contribution >= 0.6 is 11.8 Å². The molecule has 2 aromatic carbocycles. The van der Waals surface area contributed by atoms with Crippen LogP contribution in [0.2, 0.25) is 0 Å². The third-order valence-corrected chi connectivity index (χ3v) is 6.69. The van der Waals surface area contributed by atoms with Crippen molar-refractivity contribution in [2.24, 2.45) is 0 Å². The highest BCUT2D eigenvalue weighted by atomic mass is 32.2. The molecule has 6 heteroatoms. The number of fused-ring (bicyclic) bond motifs is 1. The normalized spacial score (nSPS) is 16.0. The van der Waals surface area contributed by atoms with Gasteiger partial charge in [0.1, 0.15) is 11.9 Å². The van der Waals surface area contributed by atoms with Gasteiger partial charge in [0.25, 0.3) is 0 Å². The van der Waals surface area contributed by atoms with E-state index in [-0.39, 0.29) is 17.8 Å². The Morgan fingerprint density at radius 1 is 1.27 bits per heavy atom. The molecular formula is C24H25N3O2S. The van der Waals surface area contributed by atoms with Gasteiger partial charge in [-0.3, -0.25) is 4.79 Å². The van der Waals surface area contributed by atoms with E-state index in [2.05, 4.69) is 35.7 Å². The van der Waals surface area contributed by atoms with Crippen molar-refractivity contribution < 1.29 is 9.53 Å². The Labute approximate surface area is 181 Å². The first-order valence-electron chi connectivity index (χ1n) is 10.2. The standard InChI is InChI=1S/C24H25N3O2S/c1-16-17(2)27(14-20-8-5-11-29-20)24(22(16)13-25)26-23(28)15-30-21-10-9-18-6-3-4-7-19(18)12-21/h3-4,6-7,9-10,12,20H,5,8,11,14-15H2,1-2H3,(H,26,28)/t20-/m0/s1. The molecule has 1 atom stereocenters. The first-order chi connectivity index (χ1) is 14.6. The number of rotatable bonds is 6. The van der Waals surface area contributed by atoms with Crippen molar-refractivity contribution in [3.63, 3.8) is 0 Å². The second-order valence-corrected chi connectivity index (χ2v) is 8.69. The van der Waals surface area contributed by atoms with Crippen molar-refractivity contribution in [2.45, 2.75) is 44.2 Å². The Morgan fingerprint density at radius 2 is 2.07 bits per heavy atom. The van der Waals surface area contributed by atoms with Crippen LogP contribution in [0.4, 0.5) is 5.82 Å². The maximum atomic E-state index is 12.7. The number of nitrogens with zero attached hydrogens (tertiary/aromatic N) is 2. The molecule has 0 bridgehead atoms. The third kappa shape index (κ3) is 4.23. The van der Waals surface area contributed by atoms with Crippen LogP contribution in [0.1, 0.15) is 29.7 Å². The highest BCUT2D eigenvalue weighted by molar-refractivity contribution is 8.00. The van der Waals surface area contributed by atoms with Crippen LogP contribution in [0, 0.1) is 25.2 Å². The second-order valence-electron chi connectivity index (χ2n) is 7.64. The molecule has 0 unspecified atom stereocenters. The first-order valence-corrected chi connectivity index (χ1v) is 11.2. The van der Waals surface area contributed by atoms with Crippen LogP contribution in [0.25, 0.3) is 10.8 Å². The number of anilines is 1. The molecule has 1 aliphatic rings. The van der Waals surface area contributed by atoms with Crippen molar-refractivity contribution in [1.29, 1.82) is 5.26 Å². The summed E-state index contributed by atoms with van der Waals surface area (Å²) in [5.41, 5.74) is 2.45. The number of nitriles is 1. The van der Waals surface area contributed by atoms with Crippen molar-refractivity contribution in [2.75, 3.05) is 17.7 Å². The van der Waals surface area contributed by atoms with E-state index in [0.29, 0.717) is 17.9 Å². The Bertz CT molecular complexity index is 1120. The van der Waals surface area contributed by atoms with E-state index < -0.39 is 0 Å². The number of aromatic nitrogens is 1. The lowest BCUT2D eigenvalue weighted by Gasteiger charge is -2.17. The molecule has 1 fully saturated rings. The highest BCUT2D eigenvalue weighted by Gasteiger charge is 2.24. The number of amides is 1. The van der Waals surface area contributed by atoms with Gasteiger partial charge >= 0.3 is 0 Å². The quantitative estimate of drug-likeness (QED) is 0.569. The van der Waals surface area contributed by atoms with E-state index in [0.717, 1.165) is 41.0 Å². The molecule has 1 N–H and O–H groups in total. The minimum absolute atomic E-state index is 0.115. The molecule has 154 valence electrons. The lowest BCUT2D eigenvalue weighted by Crippen LogP contribution is -2.22. The number of carbonyl (C=O) groups excluding carboxylic acids is 1. The molecule has 5 nitrogen and oxygen atoms in total. The fourth-order valence-electron chi connectivity index (χ4n) is 3.92. The monoisotopic (exact) mass is 419 g/mol. The van der Waals surface area contributed by atoms with Crippen LogP contribution in [0.5, 0.6) is 0 Å². The Kier molecular flexibility index (Phi) is 6.12. The number of nitrogens with one attached hydrogen (secondary N) is 1. The molecule has 4 rings (SSSR count). The molecule has 1 aliphatic heterocycles. The van der Waals surface area contributed by atoms with Crippen LogP contribution in [-0.4, -0.2) is 28.9 Å². The second kappa shape index (κ2) is 8.95. The van der Waals surface area contributed by atoms with E-state index in [9.17, 15) is 10.1 Å². The van der Waals surface area contributed by atoms with Gasteiger partial charge in [-0.25, -0.2) is 0 Å². The Balaban J connectivity index is 1.48. The third-order valence-electron chi connectivity index (χ3n) is 5.70. The molecule has 1 aromatic heterocycles. The van der Waals surface area contributed by atoms with Crippen molar-refractivity contribution in [1.82, 2.24) is 4.57 Å². The fraction of sp³-hybridized carbons (Fsp3) is 0.333. The molecule has 0 saturated carbocycles. The maximum Gasteiger partial charge on any atom is 0.235 e. The van der Waals surface area contributed by atoms with Gasteiger partial charge < -0.3 is 14.6 Å². The SMILES string of the molecule is Cc1c(C#N)c(NC(=O)CSc2ccc3ccccc3c2)n(C[C@@H]2CCCO2)c1C. The molecule has 1 amide bonds. The number of hydrogen-bond acceptors (Lipinski definition) is 4. The minimum atomic E-state index is -0.115. The average molecular weight is 420 g/mol. The van der Waals surface area contributed by atoms with E-state index in [4.69, 9.17) is 4.74 Å². The van der Waals surface area contributed by atoms with E-state index >= 15 is 0 Å². The van der Waals surface area contributed by atoms with Crippen molar-refractivity contribution in [3.05, 3.63) is 59.3 Å². The Morgan fingerprint density at radius 3 is 2.80 bits per heavy atom. The maximum absolute atomic E-state index is 12.7. The first kappa shape index (κ1) is 20.5. The zero-order chi connectivity index (χ0) is 21.1. The van der Waals surface area contributed by atoms with Crippen molar-refractivity contribution in [3.8, 4) is 6.07 Å². The van der Waals surface area contributed by atoms with E-state index in [1.807, 2.05) is 36.6 Å². The molecule has 30 heavy (non-hydrogen) atoms. The summed E-state index contributed by atoms with van der Waals surface area (Å²) in [6, 6.07) is 16.7. The summed E-state index contributed by atoms with van der Waals surface area (Å²) >= 11 is 1.50. The van der Waals surface area contributed by atoms with E-state index in [1.165, 1.54) is 17.1 Å². The number of carbonyl (C=O) groups is 1. The van der Waals surface area contributed by atoms with Gasteiger partial charge in [0.05, 0.1) is 24.0 Å². The number of ether oxygens (including phenoxy) is 1. The van der Waals surface area contributed by atoms with Gasteiger partial charge in [0.2, 0.25) is 5.91 Å². The zero-order valence-electron chi connectivity index (χ0n) is 17.3. The summed E-state index contributed by atoms with van der Waals surface area (Å²) in [5, 5.41) is 15.0. The summed E-state index contributed by atoms with van der Waals surface area (Å²) in [6.07, 6.45) is 2.19. The fourth-order valence-corrected chi connectivity index (χ4v) is 4.67. The molecular weight excluding hydrogens is 394 g/mol. The van der Waals surface area contributed by atoms with Gasteiger partial charge in [-0.1, -0.05) is 30.3 Å². The number of benzene rings is 2. The summed E-state index contributed by atoms with van der Waals surface area (Å²) < 4.78 is 7.80. The minimum Gasteiger partial charge on any atom is -0.376 e. The average Bonchev–Trinajstić information content (AvgIpc) is 3.35. The molecule has 2 heterocycles. The molecule has 0 radical (unpaired) electrons. The number of thioether (sulfide) groups is 1. The summed E-state index contributed by atoms with van der Waals surface area (Å²) in [5.74, 6) is 0.759. The van der Waals surface area contributed by atoms with Crippen LogP contribution in [-0.2, 0) is 16.1 Å². The molecule has 0 spiro atoms. The van der Waals surface area contributed by atoms with Crippen LogP contribution in [0.15, 0.2) is 47.4 Å². The summed E-state index contributed by atoms with van der Waals surface area (Å²) in [4.78, 5) is 13.8. The zero-order valence-corrected chi connectivity index (χ0v) is 18.1. The van der Waals surface area contributed by atoms with Crippen LogP contribution in [0.3, 0.4) is 0 Å². The van der Waals surface area contributed by atoms with Gasteiger partial charge in [0.15, 0.2) is 0 Å². The molecule has 0 aliphatic carbocycles. The lowest BCUT2D eigenvalue weighted by atomic mass is 10.1. The highest BCUT2D eigenvalue weighted by Crippen LogP contribution is 2.29. The molecule has 3 aromatic rings. The number of hydrogen-bond donors (Lipinski definition) is 1. The van der Waals surface area contributed by atoms with Gasteiger partial charge in [0, 0.05) is 17.2 Å². The molecule has 1 saturated heterocycles.